The van der Waals surface area contributed by atoms with Crippen molar-refractivity contribution < 1.29 is 0 Å². The van der Waals surface area contributed by atoms with Crippen LogP contribution >= 0.6 is 0 Å². The Hall–Kier alpha value is -0.860. The lowest BCUT2D eigenvalue weighted by molar-refractivity contribution is 0.319. The Bertz CT molecular complexity index is 284. The van der Waals surface area contributed by atoms with Gasteiger partial charge in [0.2, 0.25) is 0 Å². The van der Waals surface area contributed by atoms with E-state index in [0.29, 0.717) is 0 Å². The molecule has 0 aromatic heterocycles. The zero-order chi connectivity index (χ0) is 11.1. The maximum Gasteiger partial charge on any atom is 0.0233 e. The average molecular weight is 206 g/mol. The van der Waals surface area contributed by atoms with Crippen LogP contribution in [0.4, 0.5) is 0 Å². The highest BCUT2D eigenvalue weighted by Gasteiger charge is 2.01. The fourth-order valence-electron chi connectivity index (χ4n) is 1.68. The van der Waals surface area contributed by atoms with E-state index in [4.69, 9.17) is 5.73 Å². The van der Waals surface area contributed by atoms with Gasteiger partial charge in [-0.2, -0.15) is 0 Å². The van der Waals surface area contributed by atoms with Gasteiger partial charge in [-0.05, 0) is 51.0 Å². The predicted molar refractivity (Wildman–Crippen MR) is 65.8 cm³/mol. The molecule has 0 atom stereocenters. The highest BCUT2D eigenvalue weighted by atomic mass is 15.1. The standard InChI is InChI=1S/C13H22N2/c1-12-7-3-4-8-13(12)11-15(2)10-6-5-9-14/h3-4,7-8H,5-6,9-11,14H2,1-2H3. The molecular weight excluding hydrogens is 184 g/mol. The maximum absolute atomic E-state index is 5.47. The molecular formula is C13H22N2. The second-order valence-corrected chi connectivity index (χ2v) is 4.16. The summed E-state index contributed by atoms with van der Waals surface area (Å²) >= 11 is 0. The molecule has 0 fully saturated rings. The number of aryl methyl sites for hydroxylation is 1. The quantitative estimate of drug-likeness (QED) is 0.723. The van der Waals surface area contributed by atoms with Crippen LogP contribution in [0.25, 0.3) is 0 Å². The molecule has 15 heavy (non-hydrogen) atoms. The van der Waals surface area contributed by atoms with Gasteiger partial charge in [0.1, 0.15) is 0 Å². The van der Waals surface area contributed by atoms with E-state index in [2.05, 4.69) is 43.1 Å². The van der Waals surface area contributed by atoms with E-state index in [1.807, 2.05) is 0 Å². The second kappa shape index (κ2) is 6.59. The molecule has 2 N–H and O–H groups in total. The van der Waals surface area contributed by atoms with E-state index in [1.54, 1.807) is 0 Å². The van der Waals surface area contributed by atoms with Crippen molar-refractivity contribution in [3.8, 4) is 0 Å². The van der Waals surface area contributed by atoms with Gasteiger partial charge in [0.25, 0.3) is 0 Å². The molecule has 0 aliphatic rings. The summed E-state index contributed by atoms with van der Waals surface area (Å²) in [6, 6.07) is 8.57. The average Bonchev–Trinajstić information content (AvgIpc) is 2.22. The Morgan fingerprint density at radius 2 is 1.93 bits per heavy atom. The van der Waals surface area contributed by atoms with E-state index in [9.17, 15) is 0 Å². The molecule has 0 amide bonds. The van der Waals surface area contributed by atoms with Gasteiger partial charge in [0.05, 0.1) is 0 Å². The topological polar surface area (TPSA) is 29.3 Å². The SMILES string of the molecule is Cc1ccccc1CN(C)CCCCN. The third-order valence-corrected chi connectivity index (χ3v) is 2.70. The predicted octanol–water partition coefficient (Wildman–Crippen LogP) is 2.17. The Labute approximate surface area is 93.1 Å². The minimum Gasteiger partial charge on any atom is -0.330 e. The third-order valence-electron chi connectivity index (χ3n) is 2.70. The molecule has 0 saturated heterocycles. The largest absolute Gasteiger partial charge is 0.330 e. The molecule has 0 aliphatic carbocycles. The van der Waals surface area contributed by atoms with Crippen molar-refractivity contribution in [2.24, 2.45) is 5.73 Å². The van der Waals surface area contributed by atoms with Crippen LogP contribution in [0.3, 0.4) is 0 Å². The first-order chi connectivity index (χ1) is 7.24. The van der Waals surface area contributed by atoms with E-state index in [-0.39, 0.29) is 0 Å². The van der Waals surface area contributed by atoms with Crippen molar-refractivity contribution in [1.29, 1.82) is 0 Å². The molecule has 2 heteroatoms. The van der Waals surface area contributed by atoms with Crippen LogP contribution in [0.1, 0.15) is 24.0 Å². The molecule has 0 spiro atoms. The normalized spacial score (nSPS) is 10.9. The summed E-state index contributed by atoms with van der Waals surface area (Å²) in [7, 11) is 2.17. The number of nitrogens with two attached hydrogens (primary N) is 1. The Morgan fingerprint density at radius 3 is 2.60 bits per heavy atom. The number of unbranched alkanes of at least 4 members (excludes halogenated alkanes) is 1. The van der Waals surface area contributed by atoms with E-state index >= 15 is 0 Å². The zero-order valence-corrected chi connectivity index (χ0v) is 9.87. The summed E-state index contributed by atoms with van der Waals surface area (Å²) in [6.07, 6.45) is 2.32. The van der Waals surface area contributed by atoms with Crippen LogP contribution in [0.2, 0.25) is 0 Å². The Balaban J connectivity index is 2.37. The number of hydrogen-bond acceptors (Lipinski definition) is 2. The molecule has 84 valence electrons. The van der Waals surface area contributed by atoms with Gasteiger partial charge in [0.15, 0.2) is 0 Å². The lowest BCUT2D eigenvalue weighted by Gasteiger charge is -2.17. The van der Waals surface area contributed by atoms with Gasteiger partial charge < -0.3 is 10.6 Å². The molecule has 1 aromatic carbocycles. The summed E-state index contributed by atoms with van der Waals surface area (Å²) < 4.78 is 0. The minimum atomic E-state index is 0.804. The summed E-state index contributed by atoms with van der Waals surface area (Å²) in [5, 5.41) is 0. The first-order valence-electron chi connectivity index (χ1n) is 5.67. The van der Waals surface area contributed by atoms with Crippen LogP contribution in [-0.4, -0.2) is 25.0 Å². The first-order valence-corrected chi connectivity index (χ1v) is 5.67. The van der Waals surface area contributed by atoms with Crippen LogP contribution in [-0.2, 0) is 6.54 Å². The zero-order valence-electron chi connectivity index (χ0n) is 9.87. The van der Waals surface area contributed by atoms with Gasteiger partial charge in [-0.25, -0.2) is 0 Å². The molecule has 0 saturated carbocycles. The monoisotopic (exact) mass is 206 g/mol. The van der Waals surface area contributed by atoms with Crippen molar-refractivity contribution in [2.75, 3.05) is 20.1 Å². The minimum absolute atomic E-state index is 0.804. The lowest BCUT2D eigenvalue weighted by Crippen LogP contribution is -2.20. The smallest absolute Gasteiger partial charge is 0.0233 e. The maximum atomic E-state index is 5.47. The van der Waals surface area contributed by atoms with Crippen molar-refractivity contribution in [2.45, 2.75) is 26.3 Å². The van der Waals surface area contributed by atoms with Crippen molar-refractivity contribution in [1.82, 2.24) is 4.90 Å². The van der Waals surface area contributed by atoms with Crippen LogP contribution in [0.5, 0.6) is 0 Å². The molecule has 0 unspecified atom stereocenters. The molecule has 0 bridgehead atoms. The summed E-state index contributed by atoms with van der Waals surface area (Å²) in [5.41, 5.74) is 8.27. The number of nitrogens with zero attached hydrogens (tertiary/aromatic N) is 1. The summed E-state index contributed by atoms with van der Waals surface area (Å²) in [4.78, 5) is 2.36. The molecule has 0 radical (unpaired) electrons. The van der Waals surface area contributed by atoms with Crippen LogP contribution in [0.15, 0.2) is 24.3 Å². The van der Waals surface area contributed by atoms with E-state index < -0.39 is 0 Å². The van der Waals surface area contributed by atoms with Gasteiger partial charge in [0, 0.05) is 6.54 Å². The number of benzene rings is 1. The number of hydrogen-bond donors (Lipinski definition) is 1. The highest BCUT2D eigenvalue weighted by Crippen LogP contribution is 2.09. The van der Waals surface area contributed by atoms with Crippen LogP contribution in [0, 0.1) is 6.92 Å². The third kappa shape index (κ3) is 4.45. The van der Waals surface area contributed by atoms with Gasteiger partial charge in [-0.3, -0.25) is 0 Å². The molecule has 0 aliphatic heterocycles. The van der Waals surface area contributed by atoms with Gasteiger partial charge >= 0.3 is 0 Å². The lowest BCUT2D eigenvalue weighted by atomic mass is 10.1. The van der Waals surface area contributed by atoms with Gasteiger partial charge in [-0.15, -0.1) is 0 Å². The molecule has 0 heterocycles. The summed E-state index contributed by atoms with van der Waals surface area (Å²) in [5.74, 6) is 0. The highest BCUT2D eigenvalue weighted by molar-refractivity contribution is 5.25. The van der Waals surface area contributed by atoms with Crippen LogP contribution < -0.4 is 5.73 Å². The summed E-state index contributed by atoms with van der Waals surface area (Å²) in [6.45, 7) is 5.14. The molecule has 2 nitrogen and oxygen atoms in total. The van der Waals surface area contributed by atoms with Crippen molar-refractivity contribution in [3.63, 3.8) is 0 Å². The Kier molecular flexibility index (Phi) is 5.37. The van der Waals surface area contributed by atoms with E-state index in [0.717, 1.165) is 26.1 Å². The molecule has 1 aromatic rings. The van der Waals surface area contributed by atoms with E-state index in [1.165, 1.54) is 17.5 Å². The van der Waals surface area contributed by atoms with Gasteiger partial charge in [-0.1, -0.05) is 24.3 Å². The van der Waals surface area contributed by atoms with Crippen molar-refractivity contribution in [3.05, 3.63) is 35.4 Å². The number of rotatable bonds is 6. The first kappa shape index (κ1) is 12.2. The molecule has 1 rings (SSSR count). The fourth-order valence-corrected chi connectivity index (χ4v) is 1.68. The fraction of sp³-hybridized carbons (Fsp3) is 0.538. The van der Waals surface area contributed by atoms with Crippen molar-refractivity contribution >= 4 is 0 Å². The Morgan fingerprint density at radius 1 is 1.20 bits per heavy atom. The second-order valence-electron chi connectivity index (χ2n) is 4.16.